The molecule has 3 nitrogen and oxygen atoms in total. The Morgan fingerprint density at radius 2 is 1.95 bits per heavy atom. The SMILES string of the molecule is Cc1ccc(C)c(CSc2nnc(C3CCCCC3)o2)c1. The van der Waals surface area contributed by atoms with Gasteiger partial charge in [-0.1, -0.05) is 54.8 Å². The Bertz CT molecular complexity index is 603. The largest absolute Gasteiger partial charge is 0.416 e. The molecule has 0 saturated heterocycles. The predicted octanol–water partition coefficient (Wildman–Crippen LogP) is 5.03. The first-order valence-electron chi connectivity index (χ1n) is 7.75. The molecule has 1 fully saturated rings. The summed E-state index contributed by atoms with van der Waals surface area (Å²) in [4.78, 5) is 0. The van der Waals surface area contributed by atoms with Crippen molar-refractivity contribution in [3.05, 3.63) is 40.8 Å². The molecule has 1 aromatic carbocycles. The van der Waals surface area contributed by atoms with E-state index < -0.39 is 0 Å². The first-order valence-corrected chi connectivity index (χ1v) is 8.73. The van der Waals surface area contributed by atoms with Crippen molar-refractivity contribution in [3.63, 3.8) is 0 Å². The molecule has 1 aliphatic rings. The molecule has 4 heteroatoms. The van der Waals surface area contributed by atoms with Gasteiger partial charge in [-0.05, 0) is 37.8 Å². The van der Waals surface area contributed by atoms with Gasteiger partial charge in [0, 0.05) is 11.7 Å². The predicted molar refractivity (Wildman–Crippen MR) is 85.6 cm³/mol. The number of rotatable bonds is 4. The molecule has 2 aromatic rings. The molecule has 0 atom stereocenters. The summed E-state index contributed by atoms with van der Waals surface area (Å²) in [5, 5.41) is 9.16. The molecule has 3 rings (SSSR count). The molecule has 1 aromatic heterocycles. The maximum absolute atomic E-state index is 5.86. The van der Waals surface area contributed by atoms with Gasteiger partial charge in [-0.15, -0.1) is 10.2 Å². The van der Waals surface area contributed by atoms with Crippen LogP contribution in [0.2, 0.25) is 0 Å². The lowest BCUT2D eigenvalue weighted by atomic mass is 9.89. The van der Waals surface area contributed by atoms with Gasteiger partial charge in [0.05, 0.1) is 0 Å². The van der Waals surface area contributed by atoms with Gasteiger partial charge in [0.2, 0.25) is 5.89 Å². The summed E-state index contributed by atoms with van der Waals surface area (Å²) in [5.74, 6) is 2.22. The van der Waals surface area contributed by atoms with Crippen LogP contribution in [0.25, 0.3) is 0 Å². The molecule has 0 radical (unpaired) electrons. The molecule has 0 unspecified atom stereocenters. The number of nitrogens with zero attached hydrogens (tertiary/aromatic N) is 2. The van der Waals surface area contributed by atoms with E-state index in [-0.39, 0.29) is 0 Å². The second-order valence-corrected chi connectivity index (χ2v) is 6.89. The summed E-state index contributed by atoms with van der Waals surface area (Å²) >= 11 is 1.64. The lowest BCUT2D eigenvalue weighted by molar-refractivity contribution is 0.334. The fourth-order valence-electron chi connectivity index (χ4n) is 2.89. The van der Waals surface area contributed by atoms with Crippen molar-refractivity contribution in [1.82, 2.24) is 10.2 Å². The molecule has 1 saturated carbocycles. The molecule has 1 heterocycles. The van der Waals surface area contributed by atoms with E-state index in [9.17, 15) is 0 Å². The average molecular weight is 302 g/mol. The first-order chi connectivity index (χ1) is 10.2. The van der Waals surface area contributed by atoms with Crippen LogP contribution in [0.5, 0.6) is 0 Å². The van der Waals surface area contributed by atoms with Crippen molar-refractivity contribution in [2.24, 2.45) is 0 Å². The molecule has 0 aliphatic heterocycles. The number of aromatic nitrogens is 2. The van der Waals surface area contributed by atoms with Crippen molar-refractivity contribution < 1.29 is 4.42 Å². The number of thioether (sulfide) groups is 1. The summed E-state index contributed by atoms with van der Waals surface area (Å²) < 4.78 is 5.86. The minimum absolute atomic E-state index is 0.487. The van der Waals surface area contributed by atoms with Crippen molar-refractivity contribution in [2.75, 3.05) is 0 Å². The fraction of sp³-hybridized carbons (Fsp3) is 0.529. The second kappa shape index (κ2) is 6.65. The van der Waals surface area contributed by atoms with Crippen LogP contribution in [-0.4, -0.2) is 10.2 Å². The van der Waals surface area contributed by atoms with Crippen molar-refractivity contribution >= 4 is 11.8 Å². The van der Waals surface area contributed by atoms with Crippen molar-refractivity contribution in [1.29, 1.82) is 0 Å². The van der Waals surface area contributed by atoms with Gasteiger partial charge in [0.15, 0.2) is 0 Å². The Balaban J connectivity index is 1.63. The number of hydrogen-bond donors (Lipinski definition) is 0. The molecule has 1 aliphatic carbocycles. The van der Waals surface area contributed by atoms with E-state index in [1.165, 1.54) is 48.8 Å². The molecular formula is C17H22N2OS. The van der Waals surface area contributed by atoms with Gasteiger partial charge in [-0.25, -0.2) is 0 Å². The second-order valence-electron chi connectivity index (χ2n) is 5.96. The summed E-state index contributed by atoms with van der Waals surface area (Å²) in [6.45, 7) is 4.28. The van der Waals surface area contributed by atoms with Gasteiger partial charge >= 0.3 is 0 Å². The van der Waals surface area contributed by atoms with Crippen molar-refractivity contribution in [2.45, 2.75) is 62.8 Å². The van der Waals surface area contributed by atoms with Gasteiger partial charge < -0.3 is 4.42 Å². The maximum Gasteiger partial charge on any atom is 0.276 e. The first kappa shape index (κ1) is 14.6. The molecule has 0 amide bonds. The monoisotopic (exact) mass is 302 g/mol. The molecule has 0 N–H and O–H groups in total. The van der Waals surface area contributed by atoms with E-state index in [1.807, 2.05) is 0 Å². The zero-order chi connectivity index (χ0) is 14.7. The summed E-state index contributed by atoms with van der Waals surface area (Å²) in [5.41, 5.74) is 3.96. The van der Waals surface area contributed by atoms with Crippen LogP contribution in [0.3, 0.4) is 0 Å². The van der Waals surface area contributed by atoms with Crippen LogP contribution >= 0.6 is 11.8 Å². The topological polar surface area (TPSA) is 38.9 Å². The highest BCUT2D eigenvalue weighted by Gasteiger charge is 2.21. The summed E-state index contributed by atoms with van der Waals surface area (Å²) in [6, 6.07) is 6.56. The quantitative estimate of drug-likeness (QED) is 0.743. The summed E-state index contributed by atoms with van der Waals surface area (Å²) in [6.07, 6.45) is 6.32. The highest BCUT2D eigenvalue weighted by Crippen LogP contribution is 2.33. The van der Waals surface area contributed by atoms with E-state index in [0.717, 1.165) is 11.6 Å². The Hall–Kier alpha value is -1.29. The Kier molecular flexibility index (Phi) is 4.63. The van der Waals surface area contributed by atoms with Crippen LogP contribution in [0.1, 0.15) is 60.6 Å². The third-order valence-corrected chi connectivity index (χ3v) is 5.10. The highest BCUT2D eigenvalue weighted by molar-refractivity contribution is 7.98. The molecule has 0 spiro atoms. The lowest BCUT2D eigenvalue weighted by Crippen LogP contribution is -2.04. The van der Waals surface area contributed by atoms with Gasteiger partial charge in [0.1, 0.15) is 0 Å². The van der Waals surface area contributed by atoms with Crippen LogP contribution in [-0.2, 0) is 5.75 Å². The third-order valence-electron chi connectivity index (χ3n) is 4.23. The fourth-order valence-corrected chi connectivity index (χ4v) is 3.72. The minimum atomic E-state index is 0.487. The van der Waals surface area contributed by atoms with E-state index in [4.69, 9.17) is 4.42 Å². The molecular weight excluding hydrogens is 280 g/mol. The summed E-state index contributed by atoms with van der Waals surface area (Å²) in [7, 11) is 0. The van der Waals surface area contributed by atoms with E-state index in [1.54, 1.807) is 11.8 Å². The number of hydrogen-bond acceptors (Lipinski definition) is 4. The third kappa shape index (κ3) is 3.67. The minimum Gasteiger partial charge on any atom is -0.416 e. The molecule has 0 bridgehead atoms. The Labute approximate surface area is 130 Å². The van der Waals surface area contributed by atoms with Gasteiger partial charge in [-0.3, -0.25) is 0 Å². The number of aryl methyl sites for hydroxylation is 2. The Morgan fingerprint density at radius 1 is 1.14 bits per heavy atom. The Morgan fingerprint density at radius 3 is 2.76 bits per heavy atom. The molecule has 112 valence electrons. The number of benzene rings is 1. The van der Waals surface area contributed by atoms with Crippen LogP contribution in [0.15, 0.2) is 27.8 Å². The van der Waals surface area contributed by atoms with E-state index in [2.05, 4.69) is 42.2 Å². The lowest BCUT2D eigenvalue weighted by Gasteiger charge is -2.17. The van der Waals surface area contributed by atoms with Gasteiger partial charge in [-0.2, -0.15) is 0 Å². The molecule has 21 heavy (non-hydrogen) atoms. The van der Waals surface area contributed by atoms with Crippen molar-refractivity contribution in [3.8, 4) is 0 Å². The smallest absolute Gasteiger partial charge is 0.276 e. The average Bonchev–Trinajstić information content (AvgIpc) is 2.98. The maximum atomic E-state index is 5.86. The highest BCUT2D eigenvalue weighted by atomic mass is 32.2. The standard InChI is InChI=1S/C17H22N2OS/c1-12-8-9-13(2)15(10-12)11-21-17-19-18-16(20-17)14-6-4-3-5-7-14/h8-10,14H,3-7,11H2,1-2H3. The van der Waals surface area contributed by atoms with E-state index >= 15 is 0 Å². The van der Waals surface area contributed by atoms with Crippen LogP contribution < -0.4 is 0 Å². The van der Waals surface area contributed by atoms with Crippen LogP contribution in [0, 0.1) is 13.8 Å². The van der Waals surface area contributed by atoms with E-state index in [0.29, 0.717) is 11.1 Å². The zero-order valence-corrected chi connectivity index (χ0v) is 13.6. The normalized spacial score (nSPS) is 16.3. The zero-order valence-electron chi connectivity index (χ0n) is 12.8. The van der Waals surface area contributed by atoms with Gasteiger partial charge in [0.25, 0.3) is 5.22 Å². The van der Waals surface area contributed by atoms with Crippen LogP contribution in [0.4, 0.5) is 0 Å².